The number of amides is 1. The third-order valence-corrected chi connectivity index (χ3v) is 5.58. The molecule has 0 fully saturated rings. The minimum absolute atomic E-state index is 0.0470. The first-order valence-electron chi connectivity index (χ1n) is 7.08. The zero-order valence-electron chi connectivity index (χ0n) is 13.3. The third-order valence-electron chi connectivity index (χ3n) is 3.10. The van der Waals surface area contributed by atoms with Crippen molar-refractivity contribution < 1.29 is 13.2 Å². The molecule has 6 nitrogen and oxygen atoms in total. The maximum absolute atomic E-state index is 12.2. The summed E-state index contributed by atoms with van der Waals surface area (Å²) in [6.45, 7) is 7.32. The van der Waals surface area contributed by atoms with E-state index in [-0.39, 0.29) is 10.8 Å². The minimum Gasteiger partial charge on any atom is -0.358 e. The van der Waals surface area contributed by atoms with Gasteiger partial charge in [0.05, 0.1) is 10.1 Å². The molecule has 0 unspecified atom stereocenters. The first-order chi connectivity index (χ1) is 10.7. The van der Waals surface area contributed by atoms with Gasteiger partial charge in [-0.1, -0.05) is 30.0 Å². The van der Waals surface area contributed by atoms with Crippen LogP contribution in [0.4, 0.5) is 5.69 Å². The highest BCUT2D eigenvalue weighted by atomic mass is 32.2. The Kier molecular flexibility index (Phi) is 7.46. The smallest absolute Gasteiger partial charge is 0.238 e. The van der Waals surface area contributed by atoms with E-state index in [1.165, 1.54) is 30.0 Å². The number of thioether (sulfide) groups is 1. The molecule has 1 aromatic rings. The molecule has 1 amide bonds. The summed E-state index contributed by atoms with van der Waals surface area (Å²) in [7, 11) is -3.80. The van der Waals surface area contributed by atoms with Crippen LogP contribution in [-0.4, -0.2) is 41.9 Å². The second kappa shape index (κ2) is 8.62. The van der Waals surface area contributed by atoms with Crippen LogP contribution in [0, 0.1) is 0 Å². The lowest BCUT2D eigenvalue weighted by molar-refractivity contribution is -0.115. The molecule has 1 atom stereocenters. The lowest BCUT2D eigenvalue weighted by Crippen LogP contribution is -2.31. The predicted molar refractivity (Wildman–Crippen MR) is 99.0 cm³/mol. The summed E-state index contributed by atoms with van der Waals surface area (Å²) in [6, 6.07) is 5.83. The average Bonchev–Trinajstić information content (AvgIpc) is 2.47. The normalized spacial score (nSPS) is 12.5. The second-order valence-corrected chi connectivity index (χ2v) is 8.30. The van der Waals surface area contributed by atoms with Crippen molar-refractivity contribution in [1.82, 2.24) is 4.90 Å². The zero-order valence-corrected chi connectivity index (χ0v) is 15.7. The number of anilines is 1. The van der Waals surface area contributed by atoms with Gasteiger partial charge in [-0.25, -0.2) is 13.6 Å². The van der Waals surface area contributed by atoms with Crippen molar-refractivity contribution in [2.24, 2.45) is 5.14 Å². The lowest BCUT2D eigenvalue weighted by Gasteiger charge is -2.22. The molecule has 0 aliphatic carbocycles. The standard InChI is InChI=1S/C14H21N3O3S3/c1-4-17(5-2)14(21)22-10(3)13(18)16-11-7-6-8-12(9-11)23(15,19)20/h6-10H,4-5H2,1-3H3,(H,16,18)(H2,15,19,20)/t10-/m1/s1. The lowest BCUT2D eigenvalue weighted by atomic mass is 10.3. The molecule has 1 rings (SSSR count). The molecular formula is C14H21N3O3S3. The number of thiocarbonyl (C=S) groups is 1. The maximum Gasteiger partial charge on any atom is 0.238 e. The fourth-order valence-corrected chi connectivity index (χ4v) is 3.88. The van der Waals surface area contributed by atoms with Gasteiger partial charge in [-0.15, -0.1) is 0 Å². The van der Waals surface area contributed by atoms with Crippen LogP contribution < -0.4 is 10.5 Å². The molecule has 0 aliphatic rings. The number of nitrogens with two attached hydrogens (primary N) is 1. The number of carbonyl (C=O) groups excluding carboxylic acids is 1. The Morgan fingerprint density at radius 2 is 2.00 bits per heavy atom. The van der Waals surface area contributed by atoms with Crippen LogP contribution >= 0.6 is 24.0 Å². The molecule has 23 heavy (non-hydrogen) atoms. The van der Waals surface area contributed by atoms with Crippen LogP contribution in [-0.2, 0) is 14.8 Å². The first kappa shape index (κ1) is 19.9. The summed E-state index contributed by atoms with van der Waals surface area (Å²) in [4.78, 5) is 14.2. The van der Waals surface area contributed by atoms with Gasteiger partial charge < -0.3 is 10.2 Å². The van der Waals surface area contributed by atoms with Crippen molar-refractivity contribution in [3.05, 3.63) is 24.3 Å². The number of hydrogen-bond donors (Lipinski definition) is 2. The van der Waals surface area contributed by atoms with E-state index in [0.717, 1.165) is 13.1 Å². The quantitative estimate of drug-likeness (QED) is 0.739. The topological polar surface area (TPSA) is 92.5 Å². The number of sulfonamides is 1. The Labute approximate surface area is 146 Å². The van der Waals surface area contributed by atoms with Crippen molar-refractivity contribution >= 4 is 49.9 Å². The summed E-state index contributed by atoms with van der Waals surface area (Å²) in [5.41, 5.74) is 0.378. The van der Waals surface area contributed by atoms with Crippen molar-refractivity contribution in [2.45, 2.75) is 30.9 Å². The molecule has 0 aliphatic heterocycles. The molecule has 0 saturated heterocycles. The molecule has 0 aromatic heterocycles. The minimum atomic E-state index is -3.80. The predicted octanol–water partition coefficient (Wildman–Crippen LogP) is 2.02. The van der Waals surface area contributed by atoms with E-state index in [1.807, 2.05) is 18.7 Å². The Morgan fingerprint density at radius 1 is 1.39 bits per heavy atom. The molecule has 9 heteroatoms. The summed E-state index contributed by atoms with van der Waals surface area (Å²) < 4.78 is 23.3. The number of nitrogens with one attached hydrogen (secondary N) is 1. The van der Waals surface area contributed by atoms with Gasteiger partial charge in [0.25, 0.3) is 0 Å². The molecule has 0 heterocycles. The van der Waals surface area contributed by atoms with Gasteiger partial charge in [0.2, 0.25) is 15.9 Å². The molecule has 0 radical (unpaired) electrons. The van der Waals surface area contributed by atoms with Crippen LogP contribution in [0.1, 0.15) is 20.8 Å². The molecule has 0 bridgehead atoms. The van der Waals surface area contributed by atoms with Crippen molar-refractivity contribution in [3.8, 4) is 0 Å². The van der Waals surface area contributed by atoms with Gasteiger partial charge >= 0.3 is 0 Å². The fraction of sp³-hybridized carbons (Fsp3) is 0.429. The number of rotatable bonds is 6. The Hall–Kier alpha value is -1.16. The van der Waals surface area contributed by atoms with Crippen molar-refractivity contribution in [3.63, 3.8) is 0 Å². The Balaban J connectivity index is 2.74. The highest BCUT2D eigenvalue weighted by Gasteiger charge is 2.19. The van der Waals surface area contributed by atoms with E-state index in [2.05, 4.69) is 5.32 Å². The molecule has 128 valence electrons. The highest BCUT2D eigenvalue weighted by Crippen LogP contribution is 2.19. The van der Waals surface area contributed by atoms with E-state index >= 15 is 0 Å². The molecule has 3 N–H and O–H groups in total. The molecule has 0 spiro atoms. The van der Waals surface area contributed by atoms with Crippen molar-refractivity contribution in [1.29, 1.82) is 0 Å². The largest absolute Gasteiger partial charge is 0.358 e. The Bertz CT molecular complexity index is 673. The summed E-state index contributed by atoms with van der Waals surface area (Å²) in [5.74, 6) is -0.254. The van der Waals surface area contributed by atoms with Gasteiger partial charge in [0, 0.05) is 18.8 Å². The van der Waals surface area contributed by atoms with Crippen molar-refractivity contribution in [2.75, 3.05) is 18.4 Å². The maximum atomic E-state index is 12.2. The number of primary sulfonamides is 1. The monoisotopic (exact) mass is 375 g/mol. The molecular weight excluding hydrogens is 354 g/mol. The highest BCUT2D eigenvalue weighted by molar-refractivity contribution is 8.23. The van der Waals surface area contributed by atoms with Crippen LogP contribution in [0.25, 0.3) is 0 Å². The summed E-state index contributed by atoms with van der Waals surface area (Å²) >= 11 is 6.61. The van der Waals surface area contributed by atoms with E-state index in [1.54, 1.807) is 13.0 Å². The van der Waals surface area contributed by atoms with Gasteiger partial charge in [-0.05, 0) is 39.0 Å². The van der Waals surface area contributed by atoms with E-state index in [4.69, 9.17) is 17.4 Å². The van der Waals surface area contributed by atoms with Crippen LogP contribution in [0.3, 0.4) is 0 Å². The van der Waals surface area contributed by atoms with Gasteiger partial charge in [-0.3, -0.25) is 4.79 Å². The van der Waals surface area contributed by atoms with Crippen LogP contribution in [0.2, 0.25) is 0 Å². The van der Waals surface area contributed by atoms with Gasteiger partial charge in [0.1, 0.15) is 4.32 Å². The van der Waals surface area contributed by atoms with Gasteiger partial charge in [-0.2, -0.15) is 0 Å². The zero-order chi connectivity index (χ0) is 17.6. The average molecular weight is 376 g/mol. The van der Waals surface area contributed by atoms with Crippen LogP contribution in [0.15, 0.2) is 29.2 Å². The molecule has 1 aromatic carbocycles. The summed E-state index contributed by atoms with van der Waals surface area (Å²) in [6.07, 6.45) is 0. The number of hydrogen-bond acceptors (Lipinski definition) is 5. The fourth-order valence-electron chi connectivity index (χ4n) is 1.76. The first-order valence-corrected chi connectivity index (χ1v) is 9.91. The summed E-state index contributed by atoms with van der Waals surface area (Å²) in [5, 5.41) is 7.35. The SMILES string of the molecule is CCN(CC)C(=S)S[C@H](C)C(=O)Nc1cccc(S(N)(=O)=O)c1. The number of carbonyl (C=O) groups is 1. The van der Waals surface area contributed by atoms with E-state index in [0.29, 0.717) is 10.0 Å². The Morgan fingerprint density at radius 3 is 2.52 bits per heavy atom. The second-order valence-electron chi connectivity index (χ2n) is 4.76. The van der Waals surface area contributed by atoms with E-state index < -0.39 is 15.3 Å². The number of nitrogens with zero attached hydrogens (tertiary/aromatic N) is 1. The molecule has 0 saturated carbocycles. The van der Waals surface area contributed by atoms with Crippen LogP contribution in [0.5, 0.6) is 0 Å². The third kappa shape index (κ3) is 6.09. The number of benzene rings is 1. The van der Waals surface area contributed by atoms with E-state index in [9.17, 15) is 13.2 Å². The van der Waals surface area contributed by atoms with Gasteiger partial charge in [0.15, 0.2) is 0 Å².